The number of quaternary nitrogens is 1. The fourth-order valence-corrected chi connectivity index (χ4v) is 2.45. The van der Waals surface area contributed by atoms with Crippen molar-refractivity contribution in [1.29, 1.82) is 0 Å². The van der Waals surface area contributed by atoms with Gasteiger partial charge in [0.2, 0.25) is 0 Å². The number of benzene rings is 2. The molecule has 0 saturated heterocycles. The van der Waals surface area contributed by atoms with E-state index in [1.54, 1.807) is 0 Å². The zero-order valence-electron chi connectivity index (χ0n) is 12.6. The summed E-state index contributed by atoms with van der Waals surface area (Å²) in [4.78, 5) is 12.0. The van der Waals surface area contributed by atoms with Gasteiger partial charge in [-0.15, -0.1) is 0 Å². The second-order valence-electron chi connectivity index (χ2n) is 5.17. The van der Waals surface area contributed by atoms with Crippen molar-refractivity contribution in [2.45, 2.75) is 25.9 Å². The molecule has 2 rings (SSSR count). The lowest BCUT2D eigenvalue weighted by Gasteiger charge is -2.20. The number of carbonyl (C=O) groups is 1. The van der Waals surface area contributed by atoms with Gasteiger partial charge in [-0.2, -0.15) is 0 Å². The standard InChI is InChI=1S/C18H22N2O/c1-3-19-18(21)14(2)20-17(15-10-6-4-7-11-15)16-12-8-5-9-13-16/h4-14,17,20H,3H2,1-2H3,(H,19,21)/p+1/t14-/m1/s1. The molecule has 21 heavy (non-hydrogen) atoms. The molecule has 0 saturated carbocycles. The van der Waals surface area contributed by atoms with Crippen molar-refractivity contribution in [3.05, 3.63) is 71.8 Å². The predicted molar refractivity (Wildman–Crippen MR) is 84.8 cm³/mol. The second-order valence-corrected chi connectivity index (χ2v) is 5.17. The first-order valence-electron chi connectivity index (χ1n) is 7.45. The normalized spacial score (nSPS) is 12.1. The van der Waals surface area contributed by atoms with Gasteiger partial charge in [-0.1, -0.05) is 60.7 Å². The predicted octanol–water partition coefficient (Wildman–Crippen LogP) is 1.86. The minimum atomic E-state index is -0.129. The monoisotopic (exact) mass is 283 g/mol. The lowest BCUT2D eigenvalue weighted by atomic mass is 9.98. The first-order chi connectivity index (χ1) is 10.2. The summed E-state index contributed by atoms with van der Waals surface area (Å²) in [5.41, 5.74) is 2.42. The molecule has 0 aliphatic carbocycles. The molecule has 0 unspecified atom stereocenters. The van der Waals surface area contributed by atoms with Gasteiger partial charge >= 0.3 is 0 Å². The number of hydrogen-bond donors (Lipinski definition) is 2. The maximum absolute atomic E-state index is 12.0. The first kappa shape index (κ1) is 15.3. The largest absolute Gasteiger partial charge is 0.351 e. The van der Waals surface area contributed by atoms with Crippen molar-refractivity contribution < 1.29 is 10.1 Å². The fraction of sp³-hybridized carbons (Fsp3) is 0.278. The second kappa shape index (κ2) is 7.60. The molecular weight excluding hydrogens is 260 g/mol. The van der Waals surface area contributed by atoms with E-state index in [1.807, 2.05) is 50.2 Å². The Kier molecular flexibility index (Phi) is 5.52. The summed E-state index contributed by atoms with van der Waals surface area (Å²) in [7, 11) is 0. The molecule has 3 nitrogen and oxygen atoms in total. The van der Waals surface area contributed by atoms with Crippen LogP contribution in [-0.4, -0.2) is 18.5 Å². The van der Waals surface area contributed by atoms with Crippen LogP contribution in [0.4, 0.5) is 0 Å². The Morgan fingerprint density at radius 2 is 1.48 bits per heavy atom. The molecular formula is C18H23N2O+. The fourth-order valence-electron chi connectivity index (χ4n) is 2.45. The topological polar surface area (TPSA) is 45.7 Å². The third-order valence-electron chi connectivity index (χ3n) is 3.56. The van der Waals surface area contributed by atoms with Crippen molar-refractivity contribution in [3.63, 3.8) is 0 Å². The molecule has 1 amide bonds. The van der Waals surface area contributed by atoms with Gasteiger partial charge in [-0.3, -0.25) is 4.79 Å². The minimum absolute atomic E-state index is 0.0781. The molecule has 0 spiro atoms. The van der Waals surface area contributed by atoms with E-state index in [-0.39, 0.29) is 18.0 Å². The molecule has 0 heterocycles. The quantitative estimate of drug-likeness (QED) is 0.835. The van der Waals surface area contributed by atoms with Crippen LogP contribution in [0.25, 0.3) is 0 Å². The summed E-state index contributed by atoms with van der Waals surface area (Å²) >= 11 is 0. The van der Waals surface area contributed by atoms with Crippen LogP contribution in [0.15, 0.2) is 60.7 Å². The number of rotatable bonds is 6. The number of carbonyl (C=O) groups excluding carboxylic acids is 1. The van der Waals surface area contributed by atoms with Gasteiger partial charge < -0.3 is 10.6 Å². The van der Waals surface area contributed by atoms with Crippen LogP contribution >= 0.6 is 0 Å². The Hall–Kier alpha value is -2.13. The molecule has 0 bridgehead atoms. The van der Waals surface area contributed by atoms with E-state index >= 15 is 0 Å². The van der Waals surface area contributed by atoms with E-state index in [4.69, 9.17) is 0 Å². The van der Waals surface area contributed by atoms with Gasteiger partial charge in [0.05, 0.1) is 0 Å². The third kappa shape index (κ3) is 4.17. The smallest absolute Gasteiger partial charge is 0.277 e. The average Bonchev–Trinajstić information content (AvgIpc) is 2.54. The molecule has 0 aliphatic heterocycles. The van der Waals surface area contributed by atoms with E-state index in [0.29, 0.717) is 6.54 Å². The minimum Gasteiger partial charge on any atom is -0.351 e. The number of nitrogens with two attached hydrogens (primary N) is 1. The summed E-state index contributed by atoms with van der Waals surface area (Å²) < 4.78 is 0. The molecule has 0 aromatic heterocycles. The maximum Gasteiger partial charge on any atom is 0.277 e. The Morgan fingerprint density at radius 1 is 1.00 bits per heavy atom. The van der Waals surface area contributed by atoms with E-state index in [9.17, 15) is 4.79 Å². The van der Waals surface area contributed by atoms with Gasteiger partial charge in [-0.25, -0.2) is 0 Å². The Morgan fingerprint density at radius 3 is 1.90 bits per heavy atom. The van der Waals surface area contributed by atoms with Gasteiger partial charge in [0.15, 0.2) is 6.04 Å². The van der Waals surface area contributed by atoms with Crippen LogP contribution in [-0.2, 0) is 4.79 Å². The Bertz CT molecular complexity index is 514. The van der Waals surface area contributed by atoms with E-state index < -0.39 is 0 Å². The lowest BCUT2D eigenvalue weighted by molar-refractivity contribution is -0.704. The van der Waals surface area contributed by atoms with Crippen molar-refractivity contribution >= 4 is 5.91 Å². The highest BCUT2D eigenvalue weighted by atomic mass is 16.2. The van der Waals surface area contributed by atoms with Gasteiger partial charge in [0.25, 0.3) is 5.91 Å². The van der Waals surface area contributed by atoms with E-state index in [0.717, 1.165) is 0 Å². The molecule has 110 valence electrons. The molecule has 3 N–H and O–H groups in total. The van der Waals surface area contributed by atoms with Gasteiger partial charge in [0.1, 0.15) is 6.04 Å². The summed E-state index contributed by atoms with van der Waals surface area (Å²) in [5.74, 6) is 0.0781. The first-order valence-corrected chi connectivity index (χ1v) is 7.45. The average molecular weight is 283 g/mol. The molecule has 2 aromatic carbocycles. The van der Waals surface area contributed by atoms with Crippen LogP contribution in [0, 0.1) is 0 Å². The zero-order chi connectivity index (χ0) is 15.1. The van der Waals surface area contributed by atoms with E-state index in [1.165, 1.54) is 11.1 Å². The highest BCUT2D eigenvalue weighted by Crippen LogP contribution is 2.17. The van der Waals surface area contributed by atoms with Gasteiger partial charge in [-0.05, 0) is 13.8 Å². The number of amides is 1. The van der Waals surface area contributed by atoms with Crippen LogP contribution in [0.2, 0.25) is 0 Å². The van der Waals surface area contributed by atoms with E-state index in [2.05, 4.69) is 34.9 Å². The van der Waals surface area contributed by atoms with Crippen LogP contribution in [0.5, 0.6) is 0 Å². The summed E-state index contributed by atoms with van der Waals surface area (Å²) in [6, 6.07) is 20.6. The third-order valence-corrected chi connectivity index (χ3v) is 3.56. The van der Waals surface area contributed by atoms with Crippen molar-refractivity contribution in [2.24, 2.45) is 0 Å². The SMILES string of the molecule is CCNC(=O)[C@@H](C)[NH2+]C(c1ccccc1)c1ccccc1. The molecule has 0 radical (unpaired) electrons. The van der Waals surface area contributed by atoms with Crippen LogP contribution < -0.4 is 10.6 Å². The number of hydrogen-bond acceptors (Lipinski definition) is 1. The Labute approximate surface area is 126 Å². The van der Waals surface area contributed by atoms with Crippen molar-refractivity contribution in [3.8, 4) is 0 Å². The Balaban J connectivity index is 2.23. The lowest BCUT2D eigenvalue weighted by Crippen LogP contribution is -2.92. The van der Waals surface area contributed by atoms with Crippen LogP contribution in [0.3, 0.4) is 0 Å². The highest BCUT2D eigenvalue weighted by molar-refractivity contribution is 5.79. The highest BCUT2D eigenvalue weighted by Gasteiger charge is 2.24. The summed E-state index contributed by atoms with van der Waals surface area (Å²) in [6.45, 7) is 4.55. The number of nitrogens with one attached hydrogen (secondary N) is 1. The molecule has 3 heteroatoms. The molecule has 0 fully saturated rings. The van der Waals surface area contributed by atoms with Gasteiger partial charge in [0, 0.05) is 17.7 Å². The molecule has 2 aromatic rings. The maximum atomic E-state index is 12.0. The van der Waals surface area contributed by atoms with Crippen molar-refractivity contribution in [2.75, 3.05) is 6.54 Å². The molecule has 1 atom stereocenters. The van der Waals surface area contributed by atoms with Crippen molar-refractivity contribution in [1.82, 2.24) is 5.32 Å². The number of likely N-dealkylation sites (N-methyl/N-ethyl adjacent to an activating group) is 1. The van der Waals surface area contributed by atoms with Crippen LogP contribution in [0.1, 0.15) is 31.0 Å². The molecule has 0 aliphatic rings. The summed E-state index contributed by atoms with van der Waals surface area (Å²) in [5, 5.41) is 5.00. The zero-order valence-corrected chi connectivity index (χ0v) is 12.6. The summed E-state index contributed by atoms with van der Waals surface area (Å²) in [6.07, 6.45) is 0.